The zero-order valence-electron chi connectivity index (χ0n) is 15.6. The van der Waals surface area contributed by atoms with Crippen LogP contribution in [0.2, 0.25) is 0 Å². The van der Waals surface area contributed by atoms with Gasteiger partial charge in [-0.05, 0) is 42.0 Å². The number of anilines is 1. The molecule has 1 aliphatic heterocycles. The van der Waals surface area contributed by atoms with Crippen molar-refractivity contribution in [1.29, 1.82) is 5.26 Å². The number of nitrogens with one attached hydrogen (secondary N) is 2. The first-order valence-corrected chi connectivity index (χ1v) is 10.5. The van der Waals surface area contributed by atoms with Crippen molar-refractivity contribution < 1.29 is 14.3 Å². The standard InChI is InChI=1S/C21H18BrN3O3S/c1-28-16-8-2-13(3-9-16)17-10-19(26)25-21(18(17)11-23)29-12-20(27)24-15-6-4-14(22)5-7-15/h2-9,17H,10,12H2,1H3,(H,24,27)(H,25,26)/t17-/m1/s1. The van der Waals surface area contributed by atoms with E-state index in [0.29, 0.717) is 22.0 Å². The maximum Gasteiger partial charge on any atom is 0.234 e. The molecule has 29 heavy (non-hydrogen) atoms. The number of hydrogen-bond acceptors (Lipinski definition) is 5. The predicted octanol–water partition coefficient (Wildman–Crippen LogP) is 4.17. The van der Waals surface area contributed by atoms with Crippen LogP contribution in [0.1, 0.15) is 17.9 Å². The number of nitriles is 1. The molecular formula is C21H18BrN3O3S. The minimum absolute atomic E-state index is 0.0756. The molecule has 0 aliphatic carbocycles. The molecule has 0 spiro atoms. The minimum atomic E-state index is -0.350. The Kier molecular flexibility index (Phi) is 6.96. The maximum atomic E-state index is 12.3. The van der Waals surface area contributed by atoms with Crippen LogP contribution < -0.4 is 15.4 Å². The number of allylic oxidation sites excluding steroid dienone is 1. The molecule has 148 valence electrons. The van der Waals surface area contributed by atoms with Crippen molar-refractivity contribution in [1.82, 2.24) is 5.32 Å². The van der Waals surface area contributed by atoms with Crippen LogP contribution in [0.4, 0.5) is 5.69 Å². The Labute approximate surface area is 181 Å². The molecule has 0 bridgehead atoms. The molecule has 0 fully saturated rings. The number of hydrogen-bond donors (Lipinski definition) is 2. The van der Waals surface area contributed by atoms with Gasteiger partial charge in [-0.25, -0.2) is 0 Å². The summed E-state index contributed by atoms with van der Waals surface area (Å²) in [6.07, 6.45) is 0.185. The predicted molar refractivity (Wildman–Crippen MR) is 116 cm³/mol. The fourth-order valence-corrected chi connectivity index (χ4v) is 4.06. The van der Waals surface area contributed by atoms with Gasteiger partial charge in [-0.1, -0.05) is 39.8 Å². The van der Waals surface area contributed by atoms with Gasteiger partial charge in [-0.15, -0.1) is 0 Å². The zero-order valence-corrected chi connectivity index (χ0v) is 18.0. The second-order valence-electron chi connectivity index (χ2n) is 6.28. The molecule has 2 amide bonds. The molecule has 0 saturated carbocycles. The average Bonchev–Trinajstić information content (AvgIpc) is 2.73. The lowest BCUT2D eigenvalue weighted by molar-refractivity contribution is -0.121. The summed E-state index contributed by atoms with van der Waals surface area (Å²) in [6, 6.07) is 16.7. The van der Waals surface area contributed by atoms with Gasteiger partial charge in [0.1, 0.15) is 5.75 Å². The van der Waals surface area contributed by atoms with Crippen LogP contribution >= 0.6 is 27.7 Å². The second kappa shape index (κ2) is 9.63. The summed E-state index contributed by atoms with van der Waals surface area (Å²) in [6.45, 7) is 0. The van der Waals surface area contributed by atoms with Crippen molar-refractivity contribution in [2.75, 3.05) is 18.2 Å². The van der Waals surface area contributed by atoms with Crippen molar-refractivity contribution >= 4 is 45.2 Å². The van der Waals surface area contributed by atoms with Gasteiger partial charge in [0.25, 0.3) is 0 Å². The third-order valence-corrected chi connectivity index (χ3v) is 5.90. The van der Waals surface area contributed by atoms with Crippen LogP contribution in [0.3, 0.4) is 0 Å². The lowest BCUT2D eigenvalue weighted by atomic mass is 9.87. The smallest absolute Gasteiger partial charge is 0.234 e. The summed E-state index contributed by atoms with van der Waals surface area (Å²) < 4.78 is 6.08. The molecule has 8 heteroatoms. The van der Waals surface area contributed by atoms with Crippen molar-refractivity contribution in [3.8, 4) is 11.8 Å². The van der Waals surface area contributed by atoms with E-state index in [9.17, 15) is 14.9 Å². The highest BCUT2D eigenvalue weighted by Gasteiger charge is 2.29. The molecule has 3 rings (SSSR count). The molecule has 0 radical (unpaired) electrons. The van der Waals surface area contributed by atoms with Gasteiger partial charge >= 0.3 is 0 Å². The number of carbonyl (C=O) groups excluding carboxylic acids is 2. The summed E-state index contributed by atoms with van der Waals surface area (Å²) in [7, 11) is 1.58. The molecule has 2 aromatic rings. The van der Waals surface area contributed by atoms with E-state index in [1.165, 1.54) is 0 Å². The highest BCUT2D eigenvalue weighted by molar-refractivity contribution is 9.10. The molecule has 2 aromatic carbocycles. The fraction of sp³-hybridized carbons (Fsp3) is 0.190. The fourth-order valence-electron chi connectivity index (χ4n) is 2.92. The Morgan fingerprint density at radius 1 is 1.28 bits per heavy atom. The average molecular weight is 472 g/mol. The lowest BCUT2D eigenvalue weighted by Gasteiger charge is -2.25. The van der Waals surface area contributed by atoms with E-state index in [-0.39, 0.29) is 29.9 Å². The first-order chi connectivity index (χ1) is 14.0. The number of halogens is 1. The topological polar surface area (TPSA) is 91.2 Å². The lowest BCUT2D eigenvalue weighted by Crippen LogP contribution is -2.31. The number of nitrogens with zero attached hydrogens (tertiary/aromatic N) is 1. The van der Waals surface area contributed by atoms with Gasteiger partial charge in [0.05, 0.1) is 29.5 Å². The van der Waals surface area contributed by atoms with Gasteiger partial charge in [-0.2, -0.15) is 5.26 Å². The van der Waals surface area contributed by atoms with E-state index in [2.05, 4.69) is 32.6 Å². The van der Waals surface area contributed by atoms with Gasteiger partial charge in [0, 0.05) is 22.5 Å². The van der Waals surface area contributed by atoms with Gasteiger partial charge < -0.3 is 15.4 Å². The Balaban J connectivity index is 1.73. The second-order valence-corrected chi connectivity index (χ2v) is 8.18. The summed E-state index contributed by atoms with van der Waals surface area (Å²) in [5, 5.41) is 15.7. The van der Waals surface area contributed by atoms with Crippen LogP contribution in [-0.2, 0) is 9.59 Å². The van der Waals surface area contributed by atoms with Crippen LogP contribution in [0.25, 0.3) is 0 Å². The van der Waals surface area contributed by atoms with Crippen molar-refractivity contribution in [3.05, 3.63) is 69.2 Å². The Morgan fingerprint density at radius 2 is 1.97 bits per heavy atom. The molecular weight excluding hydrogens is 454 g/mol. The van der Waals surface area contributed by atoms with Gasteiger partial charge in [0.2, 0.25) is 11.8 Å². The normalized spacial score (nSPS) is 16.0. The van der Waals surface area contributed by atoms with E-state index in [1.807, 2.05) is 24.3 Å². The van der Waals surface area contributed by atoms with E-state index < -0.39 is 0 Å². The Bertz CT molecular complexity index is 982. The third kappa shape index (κ3) is 5.40. The van der Waals surface area contributed by atoms with E-state index in [0.717, 1.165) is 21.8 Å². The Morgan fingerprint density at radius 3 is 2.59 bits per heavy atom. The highest BCUT2D eigenvalue weighted by atomic mass is 79.9. The van der Waals surface area contributed by atoms with Crippen molar-refractivity contribution in [2.45, 2.75) is 12.3 Å². The molecule has 2 N–H and O–H groups in total. The molecule has 6 nitrogen and oxygen atoms in total. The van der Waals surface area contributed by atoms with Crippen LogP contribution in [0.15, 0.2) is 63.6 Å². The van der Waals surface area contributed by atoms with Gasteiger partial charge in [0.15, 0.2) is 0 Å². The molecule has 1 atom stereocenters. The number of methoxy groups -OCH3 is 1. The number of ether oxygens (including phenoxy) is 1. The summed E-state index contributed by atoms with van der Waals surface area (Å²) in [5.41, 5.74) is 1.99. The number of amides is 2. The number of carbonyl (C=O) groups is 2. The van der Waals surface area contributed by atoms with Crippen LogP contribution in [0, 0.1) is 11.3 Å². The van der Waals surface area contributed by atoms with Gasteiger partial charge in [-0.3, -0.25) is 9.59 Å². The van der Waals surface area contributed by atoms with E-state index >= 15 is 0 Å². The molecule has 1 heterocycles. The molecule has 1 aliphatic rings. The summed E-state index contributed by atoms with van der Waals surface area (Å²) >= 11 is 4.50. The minimum Gasteiger partial charge on any atom is -0.497 e. The van der Waals surface area contributed by atoms with E-state index in [4.69, 9.17) is 4.74 Å². The first-order valence-electron chi connectivity index (χ1n) is 8.76. The van der Waals surface area contributed by atoms with Crippen LogP contribution in [-0.4, -0.2) is 24.7 Å². The van der Waals surface area contributed by atoms with Crippen LogP contribution in [0.5, 0.6) is 5.75 Å². The quantitative estimate of drug-likeness (QED) is 0.659. The number of rotatable bonds is 6. The molecule has 0 unspecified atom stereocenters. The van der Waals surface area contributed by atoms with Crippen molar-refractivity contribution in [2.24, 2.45) is 0 Å². The largest absolute Gasteiger partial charge is 0.497 e. The molecule has 0 aromatic heterocycles. The Hall–Kier alpha value is -2.76. The maximum absolute atomic E-state index is 12.3. The molecule has 0 saturated heterocycles. The SMILES string of the molecule is COc1ccc([C@H]2CC(=O)NC(SCC(=O)Nc3ccc(Br)cc3)=C2C#N)cc1. The highest BCUT2D eigenvalue weighted by Crippen LogP contribution is 2.36. The van der Waals surface area contributed by atoms with Crippen molar-refractivity contribution in [3.63, 3.8) is 0 Å². The number of benzene rings is 2. The third-order valence-electron chi connectivity index (χ3n) is 4.35. The van der Waals surface area contributed by atoms with E-state index in [1.54, 1.807) is 31.4 Å². The summed E-state index contributed by atoms with van der Waals surface area (Å²) in [4.78, 5) is 24.5. The number of thioether (sulfide) groups is 1. The monoisotopic (exact) mass is 471 g/mol. The zero-order chi connectivity index (χ0) is 20.8. The summed E-state index contributed by atoms with van der Waals surface area (Å²) in [5.74, 6) is 0.0302. The first kappa shape index (κ1) is 21.0.